The summed E-state index contributed by atoms with van der Waals surface area (Å²) in [6, 6.07) is 26.7. The molecule has 0 fully saturated rings. The van der Waals surface area contributed by atoms with E-state index in [0.717, 1.165) is 11.1 Å². The largest absolute Gasteiger partial charge is 0.489 e. The molecule has 1 aliphatic rings. The second kappa shape index (κ2) is 10.8. The van der Waals surface area contributed by atoms with E-state index in [1.807, 2.05) is 55.5 Å². The molecule has 8 heteroatoms. The SMILES string of the molecule is Cc1ccc(COc2cccc(C3C(C#N)=C(N)Oc4cc(OC(=O)c5oc6ccc(F)cc6c5C)ccc43)c2)cc1. The smallest absolute Gasteiger partial charge is 0.379 e. The van der Waals surface area contributed by atoms with Crippen molar-refractivity contribution in [3.63, 3.8) is 0 Å². The number of nitriles is 1. The molecule has 0 aliphatic carbocycles. The Labute approximate surface area is 241 Å². The van der Waals surface area contributed by atoms with Crippen molar-refractivity contribution in [1.29, 1.82) is 5.26 Å². The lowest BCUT2D eigenvalue weighted by atomic mass is 9.83. The molecular formula is C34H25FN2O5. The van der Waals surface area contributed by atoms with Crippen LogP contribution in [0.2, 0.25) is 0 Å². The maximum absolute atomic E-state index is 13.7. The Bertz CT molecular complexity index is 1920. The number of furan rings is 1. The predicted molar refractivity (Wildman–Crippen MR) is 154 cm³/mol. The van der Waals surface area contributed by atoms with Crippen molar-refractivity contribution in [1.82, 2.24) is 0 Å². The van der Waals surface area contributed by atoms with Crippen molar-refractivity contribution in [2.24, 2.45) is 5.73 Å². The van der Waals surface area contributed by atoms with Gasteiger partial charge in [-0.25, -0.2) is 9.18 Å². The molecule has 1 atom stereocenters. The van der Waals surface area contributed by atoms with Gasteiger partial charge >= 0.3 is 5.97 Å². The number of aryl methyl sites for hydroxylation is 2. The summed E-state index contributed by atoms with van der Waals surface area (Å²) in [5, 5.41) is 10.5. The van der Waals surface area contributed by atoms with Crippen LogP contribution in [0.4, 0.5) is 4.39 Å². The fourth-order valence-corrected chi connectivity index (χ4v) is 5.02. The van der Waals surface area contributed by atoms with Gasteiger partial charge in [-0.1, -0.05) is 48.0 Å². The van der Waals surface area contributed by atoms with Gasteiger partial charge in [0.15, 0.2) is 0 Å². The number of rotatable bonds is 6. The molecule has 2 N–H and O–H groups in total. The van der Waals surface area contributed by atoms with E-state index in [1.165, 1.54) is 29.8 Å². The van der Waals surface area contributed by atoms with Crippen LogP contribution in [0.25, 0.3) is 11.0 Å². The summed E-state index contributed by atoms with van der Waals surface area (Å²) in [4.78, 5) is 13.0. The zero-order chi connectivity index (χ0) is 29.4. The molecule has 7 nitrogen and oxygen atoms in total. The normalized spacial score (nSPS) is 14.2. The van der Waals surface area contributed by atoms with Crippen LogP contribution < -0.4 is 19.9 Å². The molecule has 0 spiro atoms. The highest BCUT2D eigenvalue weighted by atomic mass is 19.1. The number of nitrogens with two attached hydrogens (primary N) is 1. The van der Waals surface area contributed by atoms with Gasteiger partial charge in [0, 0.05) is 22.6 Å². The van der Waals surface area contributed by atoms with Crippen molar-refractivity contribution < 1.29 is 27.8 Å². The van der Waals surface area contributed by atoms with Crippen molar-refractivity contribution in [2.45, 2.75) is 26.4 Å². The van der Waals surface area contributed by atoms with Crippen LogP contribution in [-0.4, -0.2) is 5.97 Å². The zero-order valence-electron chi connectivity index (χ0n) is 22.8. The molecule has 0 saturated carbocycles. The average molecular weight is 561 g/mol. The molecule has 1 unspecified atom stereocenters. The van der Waals surface area contributed by atoms with Gasteiger partial charge in [0.1, 0.15) is 46.9 Å². The van der Waals surface area contributed by atoms with Crippen LogP contribution in [0.1, 0.15) is 44.3 Å². The fraction of sp³-hybridized carbons (Fsp3) is 0.118. The Hall–Kier alpha value is -5.55. The molecule has 0 bridgehead atoms. The first kappa shape index (κ1) is 26.7. The first-order valence-electron chi connectivity index (χ1n) is 13.2. The predicted octanol–water partition coefficient (Wildman–Crippen LogP) is 7.21. The minimum atomic E-state index is -0.740. The molecule has 5 aromatic rings. The number of hydrogen-bond donors (Lipinski definition) is 1. The molecule has 4 aromatic carbocycles. The van der Waals surface area contributed by atoms with Gasteiger partial charge in [-0.3, -0.25) is 0 Å². The number of benzene rings is 4. The lowest BCUT2D eigenvalue weighted by molar-refractivity contribution is 0.0702. The summed E-state index contributed by atoms with van der Waals surface area (Å²) in [5.74, 6) is -0.597. The molecule has 0 radical (unpaired) electrons. The first-order chi connectivity index (χ1) is 20.3. The number of esters is 1. The van der Waals surface area contributed by atoms with Gasteiger partial charge in [0.05, 0.1) is 5.92 Å². The average Bonchev–Trinajstić information content (AvgIpc) is 3.31. The second-order valence-electron chi connectivity index (χ2n) is 10.1. The summed E-state index contributed by atoms with van der Waals surface area (Å²) < 4.78 is 36.8. The van der Waals surface area contributed by atoms with Crippen LogP contribution in [-0.2, 0) is 6.61 Å². The molecule has 1 aromatic heterocycles. The number of halogens is 1. The minimum Gasteiger partial charge on any atom is -0.489 e. The second-order valence-corrected chi connectivity index (χ2v) is 10.1. The third-order valence-corrected chi connectivity index (χ3v) is 7.20. The molecule has 2 heterocycles. The Morgan fingerprint density at radius 3 is 2.60 bits per heavy atom. The number of hydrogen-bond acceptors (Lipinski definition) is 7. The fourth-order valence-electron chi connectivity index (χ4n) is 5.02. The van der Waals surface area contributed by atoms with Crippen molar-refractivity contribution in [3.8, 4) is 23.3 Å². The maximum atomic E-state index is 13.7. The Kier molecular flexibility index (Phi) is 6.85. The number of fused-ring (bicyclic) bond motifs is 2. The van der Waals surface area contributed by atoms with Crippen LogP contribution in [0.15, 0.2) is 101 Å². The first-order valence-corrected chi connectivity index (χ1v) is 13.2. The van der Waals surface area contributed by atoms with Gasteiger partial charge in [-0.2, -0.15) is 5.26 Å². The topological polar surface area (TPSA) is 108 Å². The monoisotopic (exact) mass is 560 g/mol. The summed E-state index contributed by atoms with van der Waals surface area (Å²) in [6.07, 6.45) is 0. The molecule has 42 heavy (non-hydrogen) atoms. The number of ether oxygens (including phenoxy) is 3. The Balaban J connectivity index is 1.27. The standard InChI is InChI=1S/C34H25FN2O5/c1-19-6-8-21(9-7-19)18-39-24-5-3-4-22(14-24)31-26-12-11-25(16-30(26)42-33(37)28(31)17-36)40-34(38)32-20(2)27-15-23(35)10-13-29(27)41-32/h3-16,31H,18,37H2,1-2H3. The Morgan fingerprint density at radius 2 is 1.81 bits per heavy atom. The van der Waals surface area contributed by atoms with Gasteiger partial charge in [-0.05, 0) is 61.4 Å². The summed E-state index contributed by atoms with van der Waals surface area (Å²) in [5.41, 5.74) is 11.0. The molecule has 1 aliphatic heterocycles. The number of carbonyl (C=O) groups excluding carboxylic acids is 1. The van der Waals surface area contributed by atoms with E-state index in [1.54, 1.807) is 19.1 Å². The van der Waals surface area contributed by atoms with Crippen LogP contribution in [0.5, 0.6) is 17.2 Å². The van der Waals surface area contributed by atoms with Crippen molar-refractivity contribution in [3.05, 3.63) is 136 Å². The highest BCUT2D eigenvalue weighted by molar-refractivity contribution is 5.96. The lowest BCUT2D eigenvalue weighted by Gasteiger charge is -2.27. The van der Waals surface area contributed by atoms with E-state index in [0.29, 0.717) is 40.2 Å². The highest BCUT2D eigenvalue weighted by Gasteiger charge is 2.31. The van der Waals surface area contributed by atoms with Crippen LogP contribution in [0.3, 0.4) is 0 Å². The van der Waals surface area contributed by atoms with Gasteiger partial charge in [0.2, 0.25) is 11.6 Å². The number of allylic oxidation sites excluding steroid dienone is 1. The van der Waals surface area contributed by atoms with Crippen LogP contribution >= 0.6 is 0 Å². The quantitative estimate of drug-likeness (QED) is 0.173. The van der Waals surface area contributed by atoms with Gasteiger partial charge in [-0.15, -0.1) is 0 Å². The van der Waals surface area contributed by atoms with E-state index in [4.69, 9.17) is 24.4 Å². The third kappa shape index (κ3) is 5.04. The number of carbonyl (C=O) groups is 1. The van der Waals surface area contributed by atoms with Gasteiger partial charge < -0.3 is 24.4 Å². The summed E-state index contributed by atoms with van der Waals surface area (Å²) in [7, 11) is 0. The summed E-state index contributed by atoms with van der Waals surface area (Å²) in [6.45, 7) is 4.09. The molecule has 0 amide bonds. The van der Waals surface area contributed by atoms with E-state index in [9.17, 15) is 14.4 Å². The molecular weight excluding hydrogens is 535 g/mol. The Morgan fingerprint density at radius 1 is 1.00 bits per heavy atom. The van der Waals surface area contributed by atoms with Crippen LogP contribution in [0, 0.1) is 31.0 Å². The maximum Gasteiger partial charge on any atom is 0.379 e. The van der Waals surface area contributed by atoms with Crippen molar-refractivity contribution in [2.75, 3.05) is 0 Å². The van der Waals surface area contributed by atoms with Gasteiger partial charge in [0.25, 0.3) is 0 Å². The van der Waals surface area contributed by atoms with E-state index in [2.05, 4.69) is 6.07 Å². The molecule has 208 valence electrons. The van der Waals surface area contributed by atoms with Crippen molar-refractivity contribution >= 4 is 16.9 Å². The summed E-state index contributed by atoms with van der Waals surface area (Å²) >= 11 is 0. The molecule has 6 rings (SSSR count). The van der Waals surface area contributed by atoms with E-state index in [-0.39, 0.29) is 23.0 Å². The minimum absolute atomic E-state index is 0.0271. The third-order valence-electron chi connectivity index (χ3n) is 7.20. The van der Waals surface area contributed by atoms with E-state index >= 15 is 0 Å². The zero-order valence-corrected chi connectivity index (χ0v) is 22.8. The number of nitrogens with zero attached hydrogens (tertiary/aromatic N) is 1. The van der Waals surface area contributed by atoms with E-state index < -0.39 is 17.7 Å². The molecule has 0 saturated heterocycles. The lowest BCUT2D eigenvalue weighted by Crippen LogP contribution is -2.21. The highest BCUT2D eigenvalue weighted by Crippen LogP contribution is 2.44.